The molecule has 1 heterocycles. The molecule has 0 N–H and O–H groups in total. The Hall–Kier alpha value is -1.56. The van der Waals surface area contributed by atoms with Crippen LogP contribution in [0.2, 0.25) is 0 Å². The van der Waals surface area contributed by atoms with Gasteiger partial charge in [0.05, 0.1) is 12.2 Å². The van der Waals surface area contributed by atoms with Crippen molar-refractivity contribution in [3.05, 3.63) is 35.9 Å². The van der Waals surface area contributed by atoms with E-state index in [9.17, 15) is 18.0 Å². The lowest BCUT2D eigenvalue weighted by atomic mass is 9.94. The second-order valence-electron chi connectivity index (χ2n) is 6.19. The second-order valence-corrected chi connectivity index (χ2v) is 6.19. The first-order valence-electron chi connectivity index (χ1n) is 8.35. The summed E-state index contributed by atoms with van der Waals surface area (Å²) in [4.78, 5) is 11.1. The number of ether oxygens (including phenoxy) is 2. The standard InChI is InChI=1S/C18H23F3O3/c1-2-6-14-11-16(24-17(22)18(19,20)21)12-15(23-14)10-9-13-7-4-3-5-8-13/h3-5,7-8,14-16H,2,6,9-12H2,1H3/t14-,15+,16+/m0/s1. The fourth-order valence-electron chi connectivity index (χ4n) is 3.05. The lowest BCUT2D eigenvalue weighted by Gasteiger charge is -2.35. The SMILES string of the molecule is CCC[C@H]1C[C@@H](OC(=O)C(F)(F)F)C[C@@H](CCc2ccccc2)O1. The number of benzene rings is 1. The van der Waals surface area contributed by atoms with Crippen LogP contribution in [0, 0.1) is 0 Å². The van der Waals surface area contributed by atoms with Gasteiger partial charge in [-0.2, -0.15) is 13.2 Å². The zero-order valence-corrected chi connectivity index (χ0v) is 13.7. The molecule has 0 aliphatic carbocycles. The van der Waals surface area contributed by atoms with E-state index < -0.39 is 18.2 Å². The second kappa shape index (κ2) is 8.51. The van der Waals surface area contributed by atoms with Crippen molar-refractivity contribution in [2.75, 3.05) is 0 Å². The molecule has 1 saturated heterocycles. The molecule has 0 spiro atoms. The van der Waals surface area contributed by atoms with E-state index in [4.69, 9.17) is 4.74 Å². The van der Waals surface area contributed by atoms with Crippen molar-refractivity contribution >= 4 is 5.97 Å². The first-order valence-corrected chi connectivity index (χ1v) is 8.35. The van der Waals surface area contributed by atoms with E-state index in [1.807, 2.05) is 37.3 Å². The zero-order valence-electron chi connectivity index (χ0n) is 13.7. The summed E-state index contributed by atoms with van der Waals surface area (Å²) >= 11 is 0. The molecule has 134 valence electrons. The van der Waals surface area contributed by atoms with E-state index in [-0.39, 0.29) is 12.2 Å². The lowest BCUT2D eigenvalue weighted by Crippen LogP contribution is -2.40. The summed E-state index contributed by atoms with van der Waals surface area (Å²) in [6.07, 6.45) is -2.28. The van der Waals surface area contributed by atoms with Gasteiger partial charge in [-0.3, -0.25) is 0 Å². The molecule has 1 aromatic rings. The van der Waals surface area contributed by atoms with Crippen LogP contribution in [0.5, 0.6) is 0 Å². The number of rotatable bonds is 6. The first-order chi connectivity index (χ1) is 11.4. The molecule has 0 unspecified atom stereocenters. The molecule has 0 saturated carbocycles. The molecule has 0 bridgehead atoms. The zero-order chi connectivity index (χ0) is 17.6. The van der Waals surface area contributed by atoms with Gasteiger partial charge in [0.2, 0.25) is 0 Å². The molecule has 1 fully saturated rings. The maximum absolute atomic E-state index is 12.4. The largest absolute Gasteiger partial charge is 0.490 e. The molecule has 6 heteroatoms. The van der Waals surface area contributed by atoms with Gasteiger partial charge in [0.1, 0.15) is 6.10 Å². The van der Waals surface area contributed by atoms with Crippen molar-refractivity contribution in [3.63, 3.8) is 0 Å². The third kappa shape index (κ3) is 5.82. The van der Waals surface area contributed by atoms with E-state index in [1.165, 1.54) is 0 Å². The van der Waals surface area contributed by atoms with Crippen LogP contribution < -0.4 is 0 Å². The third-order valence-electron chi connectivity index (χ3n) is 4.15. The van der Waals surface area contributed by atoms with Gasteiger partial charge in [-0.15, -0.1) is 0 Å². The molecular weight excluding hydrogens is 321 g/mol. The lowest BCUT2D eigenvalue weighted by molar-refractivity contribution is -0.212. The van der Waals surface area contributed by atoms with Crippen molar-refractivity contribution < 1.29 is 27.4 Å². The first kappa shape index (κ1) is 18.8. The number of halogens is 3. The highest BCUT2D eigenvalue weighted by molar-refractivity contribution is 5.75. The molecule has 2 rings (SSSR count). The van der Waals surface area contributed by atoms with E-state index >= 15 is 0 Å². The topological polar surface area (TPSA) is 35.5 Å². The van der Waals surface area contributed by atoms with Crippen molar-refractivity contribution in [2.24, 2.45) is 0 Å². The molecule has 1 aliphatic heterocycles. The van der Waals surface area contributed by atoms with Gasteiger partial charge in [0.15, 0.2) is 0 Å². The Morgan fingerprint density at radius 3 is 2.38 bits per heavy atom. The van der Waals surface area contributed by atoms with Crippen molar-refractivity contribution in [1.29, 1.82) is 0 Å². The maximum atomic E-state index is 12.4. The number of alkyl halides is 3. The average Bonchev–Trinajstić information content (AvgIpc) is 2.53. The van der Waals surface area contributed by atoms with Crippen molar-refractivity contribution in [1.82, 2.24) is 0 Å². The van der Waals surface area contributed by atoms with Crippen LogP contribution >= 0.6 is 0 Å². The summed E-state index contributed by atoms with van der Waals surface area (Å²) in [6, 6.07) is 9.85. The van der Waals surface area contributed by atoms with Crippen LogP contribution in [0.25, 0.3) is 0 Å². The monoisotopic (exact) mass is 344 g/mol. The number of hydrogen-bond acceptors (Lipinski definition) is 3. The molecule has 24 heavy (non-hydrogen) atoms. The minimum atomic E-state index is -4.95. The van der Waals surface area contributed by atoms with Gasteiger partial charge >= 0.3 is 12.1 Å². The molecular formula is C18H23F3O3. The average molecular weight is 344 g/mol. The van der Waals surface area contributed by atoms with E-state index in [1.54, 1.807) is 0 Å². The van der Waals surface area contributed by atoms with Crippen LogP contribution in [0.1, 0.15) is 44.6 Å². The maximum Gasteiger partial charge on any atom is 0.490 e. The van der Waals surface area contributed by atoms with Crippen LogP contribution in [0.15, 0.2) is 30.3 Å². The minimum Gasteiger partial charge on any atom is -0.456 e. The Labute approximate surface area is 140 Å². The van der Waals surface area contributed by atoms with Crippen LogP contribution in [0.3, 0.4) is 0 Å². The predicted molar refractivity (Wildman–Crippen MR) is 83.5 cm³/mol. The molecule has 0 amide bonds. The predicted octanol–water partition coefficient (Wildman–Crippen LogP) is 4.44. The fourth-order valence-corrected chi connectivity index (χ4v) is 3.05. The summed E-state index contributed by atoms with van der Waals surface area (Å²) in [6.45, 7) is 1.99. The highest BCUT2D eigenvalue weighted by atomic mass is 19.4. The Morgan fingerprint density at radius 2 is 1.79 bits per heavy atom. The molecule has 1 aromatic carbocycles. The normalized spacial score (nSPS) is 24.6. The van der Waals surface area contributed by atoms with E-state index in [2.05, 4.69) is 4.74 Å². The summed E-state index contributed by atoms with van der Waals surface area (Å²) in [5, 5.41) is 0. The Kier molecular flexibility index (Phi) is 6.66. The van der Waals surface area contributed by atoms with Crippen LogP contribution in [0.4, 0.5) is 13.2 Å². The number of carbonyl (C=O) groups is 1. The number of esters is 1. The molecule has 0 radical (unpaired) electrons. The quantitative estimate of drug-likeness (QED) is 0.716. The number of carbonyl (C=O) groups excluding carboxylic acids is 1. The Bertz CT molecular complexity index is 516. The van der Waals surface area contributed by atoms with E-state index in [0.717, 1.165) is 24.8 Å². The number of hydrogen-bond donors (Lipinski definition) is 0. The fraction of sp³-hybridized carbons (Fsp3) is 0.611. The Morgan fingerprint density at radius 1 is 1.17 bits per heavy atom. The van der Waals surface area contributed by atoms with Gasteiger partial charge < -0.3 is 9.47 Å². The molecule has 3 atom stereocenters. The van der Waals surface area contributed by atoms with Crippen LogP contribution in [-0.2, 0) is 20.7 Å². The summed E-state index contributed by atoms with van der Waals surface area (Å²) in [5.41, 5.74) is 1.16. The van der Waals surface area contributed by atoms with Gasteiger partial charge in [-0.1, -0.05) is 43.7 Å². The van der Waals surface area contributed by atoms with Crippen molar-refractivity contribution in [2.45, 2.75) is 69.9 Å². The molecule has 1 aliphatic rings. The van der Waals surface area contributed by atoms with Gasteiger partial charge in [-0.05, 0) is 24.8 Å². The summed E-state index contributed by atoms with van der Waals surface area (Å²) in [7, 11) is 0. The Balaban J connectivity index is 1.93. The third-order valence-corrected chi connectivity index (χ3v) is 4.15. The molecule has 3 nitrogen and oxygen atoms in total. The van der Waals surface area contributed by atoms with Crippen LogP contribution in [-0.4, -0.2) is 30.5 Å². The van der Waals surface area contributed by atoms with Gasteiger partial charge in [-0.25, -0.2) is 4.79 Å². The van der Waals surface area contributed by atoms with Gasteiger partial charge in [0.25, 0.3) is 0 Å². The number of aryl methyl sites for hydroxylation is 1. The summed E-state index contributed by atoms with van der Waals surface area (Å²) in [5.74, 6) is -2.11. The highest BCUT2D eigenvalue weighted by Gasteiger charge is 2.43. The smallest absolute Gasteiger partial charge is 0.456 e. The van der Waals surface area contributed by atoms with Gasteiger partial charge in [0, 0.05) is 12.8 Å². The highest BCUT2D eigenvalue weighted by Crippen LogP contribution is 2.29. The summed E-state index contributed by atoms with van der Waals surface area (Å²) < 4.78 is 47.9. The minimum absolute atomic E-state index is 0.157. The molecule has 0 aromatic heterocycles. The van der Waals surface area contributed by atoms with Crippen molar-refractivity contribution in [3.8, 4) is 0 Å². The van der Waals surface area contributed by atoms with E-state index in [0.29, 0.717) is 19.3 Å².